The Morgan fingerprint density at radius 3 is 1.29 bits per heavy atom. The predicted octanol–water partition coefficient (Wildman–Crippen LogP) is 9.32. The second-order valence-corrected chi connectivity index (χ2v) is 10.7. The van der Waals surface area contributed by atoms with E-state index < -0.39 is 0 Å². The largest absolute Gasteiger partial charge is 0.377 e. The molecule has 0 fully saturated rings. The third-order valence-electron chi connectivity index (χ3n) is 6.92. The van der Waals surface area contributed by atoms with Gasteiger partial charge in [-0.3, -0.25) is 0 Å². The summed E-state index contributed by atoms with van der Waals surface area (Å²) < 4.78 is 11.9. The van der Waals surface area contributed by atoms with Crippen molar-refractivity contribution in [3.63, 3.8) is 0 Å². The molecule has 0 aliphatic heterocycles. The van der Waals surface area contributed by atoms with Gasteiger partial charge in [0, 0.05) is 13.2 Å². The zero-order chi connectivity index (χ0) is 25.2. The molecule has 3 heteroatoms. The van der Waals surface area contributed by atoms with Crippen molar-refractivity contribution >= 4 is 0 Å². The maximum atomic E-state index is 5.99. The number of rotatable bonds is 26. The minimum atomic E-state index is 0.695. The first-order valence-corrected chi connectivity index (χ1v) is 15.1. The molecule has 204 valence electrons. The topological polar surface area (TPSA) is 21.7 Å². The van der Waals surface area contributed by atoms with Gasteiger partial charge in [-0.25, -0.2) is 0 Å². The van der Waals surface area contributed by atoms with Crippen LogP contribution in [0.15, 0.2) is 24.3 Å². The van der Waals surface area contributed by atoms with E-state index in [4.69, 9.17) is 9.47 Å². The van der Waals surface area contributed by atoms with Gasteiger partial charge in [-0.15, -0.1) is 0 Å². The van der Waals surface area contributed by atoms with E-state index in [2.05, 4.69) is 50.2 Å². The van der Waals surface area contributed by atoms with Gasteiger partial charge in [0.2, 0.25) is 0 Å². The van der Waals surface area contributed by atoms with Crippen molar-refractivity contribution < 1.29 is 9.47 Å². The average molecular weight is 490 g/mol. The van der Waals surface area contributed by atoms with E-state index in [0.29, 0.717) is 13.2 Å². The van der Waals surface area contributed by atoms with Gasteiger partial charge in [0.15, 0.2) is 0 Å². The molecule has 0 unspecified atom stereocenters. The Bertz CT molecular complexity index is 560. The summed E-state index contributed by atoms with van der Waals surface area (Å²) in [5.41, 5.74) is 2.55. The second-order valence-electron chi connectivity index (χ2n) is 10.7. The van der Waals surface area contributed by atoms with Gasteiger partial charge in [0.25, 0.3) is 0 Å². The third kappa shape index (κ3) is 20.9. The zero-order valence-corrected chi connectivity index (χ0v) is 23.8. The molecular formula is C32H59NO2. The molecule has 0 aliphatic carbocycles. The van der Waals surface area contributed by atoms with Gasteiger partial charge in [-0.05, 0) is 51.0 Å². The quantitative estimate of drug-likeness (QED) is 0.121. The summed E-state index contributed by atoms with van der Waals surface area (Å²) in [5, 5.41) is 0. The molecule has 0 N–H and O–H groups in total. The van der Waals surface area contributed by atoms with Crippen LogP contribution in [0.3, 0.4) is 0 Å². The number of unbranched alkanes of at least 4 members (excludes halogenated alkanes) is 16. The van der Waals surface area contributed by atoms with Crippen LogP contribution in [0.2, 0.25) is 0 Å². The smallest absolute Gasteiger partial charge is 0.0720 e. The van der Waals surface area contributed by atoms with Crippen molar-refractivity contribution in [1.29, 1.82) is 0 Å². The Morgan fingerprint density at radius 1 is 0.514 bits per heavy atom. The predicted molar refractivity (Wildman–Crippen MR) is 153 cm³/mol. The van der Waals surface area contributed by atoms with Crippen molar-refractivity contribution in [3.05, 3.63) is 35.4 Å². The van der Waals surface area contributed by atoms with Crippen LogP contribution < -0.4 is 0 Å². The lowest BCUT2D eigenvalue weighted by molar-refractivity contribution is 0.103. The summed E-state index contributed by atoms with van der Waals surface area (Å²) in [6.45, 7) is 6.54. The standard InChI is InChI=1S/C32H59NO2/c1-4-5-6-7-8-9-10-11-12-13-14-15-16-17-18-22-27-34-29-31-24-19-20-25-32(31)30-35-28-23-21-26-33(2)3/h19-20,24-25H,4-18,21-23,26-30H2,1-3H3. The third-order valence-corrected chi connectivity index (χ3v) is 6.92. The molecule has 0 aromatic heterocycles. The molecule has 35 heavy (non-hydrogen) atoms. The SMILES string of the molecule is CCCCCCCCCCCCCCCCCCOCc1ccccc1COCCCCN(C)C. The maximum absolute atomic E-state index is 5.99. The number of ether oxygens (including phenoxy) is 2. The van der Waals surface area contributed by atoms with Crippen molar-refractivity contribution in [1.82, 2.24) is 4.90 Å². The Balaban J connectivity index is 1.89. The monoisotopic (exact) mass is 489 g/mol. The van der Waals surface area contributed by atoms with Crippen LogP contribution in [0.4, 0.5) is 0 Å². The molecule has 1 aromatic carbocycles. The second kappa shape index (κ2) is 24.8. The van der Waals surface area contributed by atoms with Gasteiger partial charge in [0.05, 0.1) is 13.2 Å². The molecule has 0 bridgehead atoms. The summed E-state index contributed by atoms with van der Waals surface area (Å²) >= 11 is 0. The van der Waals surface area contributed by atoms with E-state index in [1.54, 1.807) is 0 Å². The molecule has 1 aromatic rings. The van der Waals surface area contributed by atoms with Crippen LogP contribution in [0, 0.1) is 0 Å². The molecule has 0 spiro atoms. The van der Waals surface area contributed by atoms with Crippen molar-refractivity contribution in [2.45, 2.75) is 136 Å². The summed E-state index contributed by atoms with van der Waals surface area (Å²) in [5.74, 6) is 0. The Labute approximate surface area is 219 Å². The van der Waals surface area contributed by atoms with Gasteiger partial charge in [-0.2, -0.15) is 0 Å². The van der Waals surface area contributed by atoms with E-state index in [1.165, 1.54) is 120 Å². The van der Waals surface area contributed by atoms with Crippen LogP contribution in [0.25, 0.3) is 0 Å². The van der Waals surface area contributed by atoms with Crippen LogP contribution in [0.5, 0.6) is 0 Å². The van der Waals surface area contributed by atoms with E-state index in [0.717, 1.165) is 26.2 Å². The summed E-state index contributed by atoms with van der Waals surface area (Å²) in [6, 6.07) is 8.56. The minimum Gasteiger partial charge on any atom is -0.377 e. The molecule has 0 saturated carbocycles. The normalized spacial score (nSPS) is 11.5. The molecule has 0 heterocycles. The van der Waals surface area contributed by atoms with E-state index >= 15 is 0 Å². The van der Waals surface area contributed by atoms with Crippen LogP contribution in [-0.2, 0) is 22.7 Å². The Hall–Kier alpha value is -0.900. The lowest BCUT2D eigenvalue weighted by atomic mass is 10.0. The van der Waals surface area contributed by atoms with Gasteiger partial charge < -0.3 is 14.4 Å². The molecule has 0 amide bonds. The fraction of sp³-hybridized carbons (Fsp3) is 0.812. The van der Waals surface area contributed by atoms with Crippen molar-refractivity contribution in [3.8, 4) is 0 Å². The summed E-state index contributed by atoms with van der Waals surface area (Å²) in [6.07, 6.45) is 24.8. The first-order valence-electron chi connectivity index (χ1n) is 15.1. The molecule has 0 saturated heterocycles. The number of benzene rings is 1. The molecule has 0 atom stereocenters. The Kier molecular flexibility index (Phi) is 22.7. The lowest BCUT2D eigenvalue weighted by Gasteiger charge is -2.12. The van der Waals surface area contributed by atoms with E-state index in [-0.39, 0.29) is 0 Å². The lowest BCUT2D eigenvalue weighted by Crippen LogP contribution is -2.13. The zero-order valence-electron chi connectivity index (χ0n) is 23.8. The summed E-state index contributed by atoms with van der Waals surface area (Å²) in [4.78, 5) is 2.23. The van der Waals surface area contributed by atoms with E-state index in [9.17, 15) is 0 Å². The molecule has 1 rings (SSSR count). The highest BCUT2D eigenvalue weighted by Gasteiger charge is 2.03. The number of hydrogen-bond donors (Lipinski definition) is 0. The van der Waals surface area contributed by atoms with Crippen molar-refractivity contribution in [2.75, 3.05) is 33.9 Å². The minimum absolute atomic E-state index is 0.695. The maximum Gasteiger partial charge on any atom is 0.0720 e. The van der Waals surface area contributed by atoms with Crippen molar-refractivity contribution in [2.24, 2.45) is 0 Å². The fourth-order valence-corrected chi connectivity index (χ4v) is 4.59. The first kappa shape index (κ1) is 32.1. The molecule has 3 nitrogen and oxygen atoms in total. The van der Waals surface area contributed by atoms with Gasteiger partial charge in [-0.1, -0.05) is 128 Å². The van der Waals surface area contributed by atoms with E-state index in [1.807, 2.05) is 0 Å². The fourth-order valence-electron chi connectivity index (χ4n) is 4.59. The molecule has 0 radical (unpaired) electrons. The molecular weight excluding hydrogens is 430 g/mol. The average Bonchev–Trinajstić information content (AvgIpc) is 2.86. The van der Waals surface area contributed by atoms with Crippen LogP contribution >= 0.6 is 0 Å². The first-order chi connectivity index (χ1) is 17.2. The highest BCUT2D eigenvalue weighted by atomic mass is 16.5. The Morgan fingerprint density at radius 2 is 0.886 bits per heavy atom. The highest BCUT2D eigenvalue weighted by Crippen LogP contribution is 2.15. The molecule has 0 aliphatic rings. The van der Waals surface area contributed by atoms with Gasteiger partial charge >= 0.3 is 0 Å². The number of nitrogens with zero attached hydrogens (tertiary/aromatic N) is 1. The number of hydrogen-bond acceptors (Lipinski definition) is 3. The van der Waals surface area contributed by atoms with Crippen LogP contribution in [0.1, 0.15) is 134 Å². The van der Waals surface area contributed by atoms with Gasteiger partial charge in [0.1, 0.15) is 0 Å². The highest BCUT2D eigenvalue weighted by molar-refractivity contribution is 5.25. The summed E-state index contributed by atoms with van der Waals surface area (Å²) in [7, 11) is 4.24. The van der Waals surface area contributed by atoms with Crippen LogP contribution in [-0.4, -0.2) is 38.8 Å².